The average molecular weight is 428 g/mol. The first-order valence-corrected chi connectivity index (χ1v) is 9.98. The van der Waals surface area contributed by atoms with E-state index in [4.69, 9.17) is 21.4 Å². The predicted octanol–water partition coefficient (Wildman–Crippen LogP) is 6.06. The first-order valence-electron chi connectivity index (χ1n) is 9.60. The van der Waals surface area contributed by atoms with Crippen molar-refractivity contribution >= 4 is 17.6 Å². The fourth-order valence-corrected chi connectivity index (χ4v) is 3.39. The van der Waals surface area contributed by atoms with Crippen molar-refractivity contribution in [1.82, 2.24) is 4.90 Å². The summed E-state index contributed by atoms with van der Waals surface area (Å²) < 4.78 is 19.0. The molecule has 0 spiro atoms. The highest BCUT2D eigenvalue weighted by atomic mass is 35.5. The smallest absolute Gasteiger partial charge is 0.304 e. The van der Waals surface area contributed by atoms with Gasteiger partial charge in [-0.2, -0.15) is 0 Å². The van der Waals surface area contributed by atoms with E-state index in [2.05, 4.69) is 11.0 Å². The molecule has 0 fully saturated rings. The van der Waals surface area contributed by atoms with Gasteiger partial charge in [-0.05, 0) is 48.4 Å². The summed E-state index contributed by atoms with van der Waals surface area (Å²) in [6, 6.07) is 19.7. The van der Waals surface area contributed by atoms with Crippen molar-refractivity contribution in [2.24, 2.45) is 0 Å². The lowest BCUT2D eigenvalue weighted by Gasteiger charge is -2.22. The summed E-state index contributed by atoms with van der Waals surface area (Å²) in [4.78, 5) is 13.2. The first kappa shape index (κ1) is 21.8. The van der Waals surface area contributed by atoms with Crippen LogP contribution in [0.25, 0.3) is 0 Å². The van der Waals surface area contributed by atoms with Gasteiger partial charge in [-0.25, -0.2) is 4.39 Å². The van der Waals surface area contributed by atoms with Gasteiger partial charge in [0.1, 0.15) is 17.3 Å². The number of carboxylic acid groups (broad SMARTS) is 1. The SMILES string of the molecule is Cc1cccc(CN(CCC(=O)O)Cc2cccc(Oc3ccc(F)cc3Cl)c2)c1. The zero-order valence-electron chi connectivity index (χ0n) is 16.6. The van der Waals surface area contributed by atoms with Crippen LogP contribution < -0.4 is 4.74 Å². The van der Waals surface area contributed by atoms with Crippen molar-refractivity contribution in [1.29, 1.82) is 0 Å². The van der Waals surface area contributed by atoms with E-state index in [1.165, 1.54) is 18.2 Å². The quantitative estimate of drug-likeness (QED) is 0.451. The van der Waals surface area contributed by atoms with Crippen molar-refractivity contribution in [3.63, 3.8) is 0 Å². The Labute approximate surface area is 180 Å². The number of carbonyl (C=O) groups is 1. The van der Waals surface area contributed by atoms with E-state index in [-0.39, 0.29) is 11.4 Å². The van der Waals surface area contributed by atoms with Crippen LogP contribution in [0.1, 0.15) is 23.1 Å². The van der Waals surface area contributed by atoms with Gasteiger partial charge in [0.15, 0.2) is 0 Å². The second-order valence-corrected chi connectivity index (χ2v) is 7.57. The van der Waals surface area contributed by atoms with Gasteiger partial charge < -0.3 is 9.84 Å². The molecule has 156 valence electrons. The van der Waals surface area contributed by atoms with Gasteiger partial charge in [0.25, 0.3) is 0 Å². The van der Waals surface area contributed by atoms with Crippen molar-refractivity contribution < 1.29 is 19.0 Å². The number of rotatable bonds is 9. The molecule has 0 saturated carbocycles. The normalized spacial score (nSPS) is 10.9. The molecule has 0 aromatic heterocycles. The van der Waals surface area contributed by atoms with Gasteiger partial charge in [0.2, 0.25) is 0 Å². The number of aryl methyl sites for hydroxylation is 1. The molecule has 0 heterocycles. The van der Waals surface area contributed by atoms with Gasteiger partial charge >= 0.3 is 5.97 Å². The molecule has 3 aromatic carbocycles. The fraction of sp³-hybridized carbons (Fsp3) is 0.208. The number of aliphatic carboxylic acids is 1. The topological polar surface area (TPSA) is 49.8 Å². The maximum atomic E-state index is 13.2. The van der Waals surface area contributed by atoms with Crippen molar-refractivity contribution in [2.75, 3.05) is 6.54 Å². The zero-order valence-corrected chi connectivity index (χ0v) is 17.4. The van der Waals surface area contributed by atoms with Gasteiger partial charge in [-0.3, -0.25) is 9.69 Å². The lowest BCUT2D eigenvalue weighted by atomic mass is 10.1. The largest absolute Gasteiger partial charge is 0.481 e. The summed E-state index contributed by atoms with van der Waals surface area (Å²) in [6.07, 6.45) is 0.0627. The third-order valence-corrected chi connectivity index (χ3v) is 4.85. The second-order valence-electron chi connectivity index (χ2n) is 7.17. The molecule has 0 aliphatic carbocycles. The van der Waals surface area contributed by atoms with E-state index in [1.54, 1.807) is 6.07 Å². The highest BCUT2D eigenvalue weighted by molar-refractivity contribution is 6.32. The number of carboxylic acids is 1. The van der Waals surface area contributed by atoms with Crippen molar-refractivity contribution in [3.8, 4) is 11.5 Å². The van der Waals surface area contributed by atoms with Crippen LogP contribution in [0.2, 0.25) is 5.02 Å². The Balaban J connectivity index is 1.74. The highest BCUT2D eigenvalue weighted by Crippen LogP contribution is 2.30. The maximum Gasteiger partial charge on any atom is 0.304 e. The Morgan fingerprint density at radius 2 is 1.73 bits per heavy atom. The molecule has 1 N–H and O–H groups in total. The van der Waals surface area contributed by atoms with Crippen LogP contribution >= 0.6 is 11.6 Å². The van der Waals surface area contributed by atoms with Crippen LogP contribution in [0.15, 0.2) is 66.7 Å². The summed E-state index contributed by atoms with van der Waals surface area (Å²) >= 11 is 6.05. The van der Waals surface area contributed by atoms with E-state index < -0.39 is 11.8 Å². The molecule has 0 saturated heterocycles. The molecule has 0 unspecified atom stereocenters. The summed E-state index contributed by atoms with van der Waals surface area (Å²) in [5, 5.41) is 9.30. The minimum Gasteiger partial charge on any atom is -0.481 e. The average Bonchev–Trinajstić information content (AvgIpc) is 2.69. The molecule has 6 heteroatoms. The molecule has 0 aliphatic rings. The molecular weight excluding hydrogens is 405 g/mol. The van der Waals surface area contributed by atoms with Crippen LogP contribution in [0.4, 0.5) is 4.39 Å². The first-order chi connectivity index (χ1) is 14.4. The lowest BCUT2D eigenvalue weighted by Crippen LogP contribution is -2.25. The molecule has 30 heavy (non-hydrogen) atoms. The molecular formula is C24H23ClFNO3. The van der Waals surface area contributed by atoms with Crippen LogP contribution in [-0.4, -0.2) is 22.5 Å². The van der Waals surface area contributed by atoms with Gasteiger partial charge in [0, 0.05) is 19.6 Å². The number of benzene rings is 3. The van der Waals surface area contributed by atoms with E-state index in [1.807, 2.05) is 43.3 Å². The van der Waals surface area contributed by atoms with Crippen molar-refractivity contribution in [3.05, 3.63) is 94.3 Å². The van der Waals surface area contributed by atoms with Gasteiger partial charge in [-0.15, -0.1) is 0 Å². The Kier molecular flexibility index (Phi) is 7.44. The van der Waals surface area contributed by atoms with Gasteiger partial charge in [-0.1, -0.05) is 53.6 Å². The summed E-state index contributed by atoms with van der Waals surface area (Å²) in [7, 11) is 0. The van der Waals surface area contributed by atoms with Crippen molar-refractivity contribution in [2.45, 2.75) is 26.4 Å². The second kappa shape index (κ2) is 10.2. The van der Waals surface area contributed by atoms with E-state index in [9.17, 15) is 9.18 Å². The Hall–Kier alpha value is -2.89. The van der Waals surface area contributed by atoms with E-state index >= 15 is 0 Å². The fourth-order valence-electron chi connectivity index (χ4n) is 3.19. The predicted molar refractivity (Wildman–Crippen MR) is 115 cm³/mol. The molecule has 0 aliphatic heterocycles. The van der Waals surface area contributed by atoms with Gasteiger partial charge in [0.05, 0.1) is 11.4 Å². The summed E-state index contributed by atoms with van der Waals surface area (Å²) in [5.41, 5.74) is 3.27. The molecule has 0 atom stereocenters. The van der Waals surface area contributed by atoms with Crippen LogP contribution in [0.5, 0.6) is 11.5 Å². The monoisotopic (exact) mass is 427 g/mol. The Morgan fingerprint density at radius 1 is 1.03 bits per heavy atom. The maximum absolute atomic E-state index is 13.2. The molecule has 3 aromatic rings. The zero-order chi connectivity index (χ0) is 21.5. The number of hydrogen-bond acceptors (Lipinski definition) is 3. The van der Waals surface area contributed by atoms with E-state index in [0.29, 0.717) is 31.1 Å². The lowest BCUT2D eigenvalue weighted by molar-refractivity contribution is -0.137. The Bertz CT molecular complexity index is 1020. The summed E-state index contributed by atoms with van der Waals surface area (Å²) in [6.45, 7) is 3.67. The highest BCUT2D eigenvalue weighted by Gasteiger charge is 2.11. The molecule has 4 nitrogen and oxygen atoms in total. The minimum absolute atomic E-state index is 0.0627. The summed E-state index contributed by atoms with van der Waals surface area (Å²) in [5.74, 6) is -0.300. The number of halogens is 2. The van der Waals surface area contributed by atoms with E-state index in [0.717, 1.165) is 16.7 Å². The molecule has 3 rings (SSSR count). The molecule has 0 bridgehead atoms. The number of ether oxygens (including phenoxy) is 1. The third kappa shape index (κ3) is 6.58. The Morgan fingerprint density at radius 3 is 2.40 bits per heavy atom. The van der Waals surface area contributed by atoms with Crippen LogP contribution in [0, 0.1) is 12.7 Å². The van der Waals surface area contributed by atoms with Crippen LogP contribution in [-0.2, 0) is 17.9 Å². The molecule has 0 radical (unpaired) electrons. The number of hydrogen-bond donors (Lipinski definition) is 1. The standard InChI is InChI=1S/C24H23ClFNO3/c1-17-4-2-5-18(12-17)15-27(11-10-24(28)29)16-19-6-3-7-21(13-19)30-23-9-8-20(26)14-22(23)25/h2-9,12-14H,10-11,15-16H2,1H3,(H,28,29). The minimum atomic E-state index is -0.827. The molecule has 0 amide bonds. The third-order valence-electron chi connectivity index (χ3n) is 4.56. The number of nitrogens with zero attached hydrogens (tertiary/aromatic N) is 1. The van der Waals surface area contributed by atoms with Crippen LogP contribution in [0.3, 0.4) is 0 Å².